The van der Waals surface area contributed by atoms with Gasteiger partial charge in [-0.3, -0.25) is 0 Å². The Morgan fingerprint density at radius 1 is 0.952 bits per heavy atom. The van der Waals surface area contributed by atoms with E-state index < -0.39 is 0 Å². The minimum absolute atomic E-state index is 0.622. The van der Waals surface area contributed by atoms with Crippen molar-refractivity contribution in [3.8, 4) is 5.75 Å². The monoisotopic (exact) mass is 283 g/mol. The summed E-state index contributed by atoms with van der Waals surface area (Å²) in [4.78, 5) is 0. The molecule has 21 heavy (non-hydrogen) atoms. The van der Waals surface area contributed by atoms with Crippen LogP contribution in [0, 0.1) is 0 Å². The zero-order valence-corrected chi connectivity index (χ0v) is 13.1. The SMILES string of the molecule is CCCNCc1ccccc1COc1cccc(CC)c1. The zero-order valence-electron chi connectivity index (χ0n) is 13.1. The van der Waals surface area contributed by atoms with E-state index in [2.05, 4.69) is 61.6 Å². The number of nitrogens with one attached hydrogen (secondary N) is 1. The van der Waals surface area contributed by atoms with E-state index in [9.17, 15) is 0 Å². The van der Waals surface area contributed by atoms with Crippen molar-refractivity contribution in [3.05, 3.63) is 65.2 Å². The van der Waals surface area contributed by atoms with E-state index in [-0.39, 0.29) is 0 Å². The van der Waals surface area contributed by atoms with Crippen molar-refractivity contribution in [3.63, 3.8) is 0 Å². The number of ether oxygens (including phenoxy) is 1. The van der Waals surface area contributed by atoms with Gasteiger partial charge in [-0.25, -0.2) is 0 Å². The number of aryl methyl sites for hydroxylation is 1. The Hall–Kier alpha value is -1.80. The van der Waals surface area contributed by atoms with Crippen LogP contribution in [-0.4, -0.2) is 6.54 Å². The molecular weight excluding hydrogens is 258 g/mol. The van der Waals surface area contributed by atoms with Gasteiger partial charge in [-0.05, 0) is 48.2 Å². The van der Waals surface area contributed by atoms with E-state index in [0.29, 0.717) is 6.61 Å². The highest BCUT2D eigenvalue weighted by Gasteiger charge is 2.03. The summed E-state index contributed by atoms with van der Waals surface area (Å²) in [6.45, 7) is 6.92. The van der Waals surface area contributed by atoms with E-state index >= 15 is 0 Å². The molecule has 0 aromatic heterocycles. The smallest absolute Gasteiger partial charge is 0.120 e. The number of rotatable bonds is 8. The van der Waals surface area contributed by atoms with Gasteiger partial charge in [-0.2, -0.15) is 0 Å². The van der Waals surface area contributed by atoms with E-state index in [1.165, 1.54) is 16.7 Å². The van der Waals surface area contributed by atoms with Crippen molar-refractivity contribution in [2.24, 2.45) is 0 Å². The van der Waals surface area contributed by atoms with Crippen LogP contribution in [0.3, 0.4) is 0 Å². The first kappa shape index (κ1) is 15.6. The molecule has 0 saturated heterocycles. The van der Waals surface area contributed by atoms with Gasteiger partial charge in [-0.1, -0.05) is 50.2 Å². The Labute approximate surface area is 128 Å². The number of benzene rings is 2. The minimum Gasteiger partial charge on any atom is -0.489 e. The molecule has 0 saturated carbocycles. The molecule has 0 heterocycles. The Kier molecular flexibility index (Phi) is 6.29. The molecule has 2 rings (SSSR count). The molecule has 0 bridgehead atoms. The first-order chi connectivity index (χ1) is 10.3. The topological polar surface area (TPSA) is 21.3 Å². The van der Waals surface area contributed by atoms with E-state index in [0.717, 1.165) is 31.7 Å². The third-order valence-corrected chi connectivity index (χ3v) is 3.56. The summed E-state index contributed by atoms with van der Waals surface area (Å²) in [5.41, 5.74) is 3.88. The Bertz CT molecular complexity index is 551. The first-order valence-electron chi connectivity index (χ1n) is 7.82. The standard InChI is InChI=1S/C19H25NO/c1-3-12-20-14-17-9-5-6-10-18(17)15-21-19-11-7-8-16(4-2)13-19/h5-11,13,20H,3-4,12,14-15H2,1-2H3. The maximum atomic E-state index is 5.95. The lowest BCUT2D eigenvalue weighted by atomic mass is 10.1. The fourth-order valence-electron chi connectivity index (χ4n) is 2.29. The first-order valence-corrected chi connectivity index (χ1v) is 7.82. The van der Waals surface area contributed by atoms with Gasteiger partial charge in [0.2, 0.25) is 0 Å². The third-order valence-electron chi connectivity index (χ3n) is 3.56. The van der Waals surface area contributed by atoms with Crippen molar-refractivity contribution in [1.82, 2.24) is 5.32 Å². The zero-order chi connectivity index (χ0) is 14.9. The van der Waals surface area contributed by atoms with Crippen LogP contribution in [0.4, 0.5) is 0 Å². The van der Waals surface area contributed by atoms with Gasteiger partial charge < -0.3 is 10.1 Å². The average molecular weight is 283 g/mol. The maximum Gasteiger partial charge on any atom is 0.120 e. The molecule has 0 aliphatic heterocycles. The van der Waals surface area contributed by atoms with Crippen molar-refractivity contribution in [2.45, 2.75) is 39.8 Å². The summed E-state index contributed by atoms with van der Waals surface area (Å²) in [7, 11) is 0. The summed E-state index contributed by atoms with van der Waals surface area (Å²) in [6, 6.07) is 16.8. The van der Waals surface area contributed by atoms with Crippen LogP contribution in [-0.2, 0) is 19.6 Å². The van der Waals surface area contributed by atoms with Crippen LogP contribution in [0.5, 0.6) is 5.75 Å². The number of hydrogen-bond donors (Lipinski definition) is 1. The van der Waals surface area contributed by atoms with Gasteiger partial charge in [0.1, 0.15) is 12.4 Å². The Balaban J connectivity index is 1.98. The molecule has 0 radical (unpaired) electrons. The molecule has 1 N–H and O–H groups in total. The lowest BCUT2D eigenvalue weighted by Crippen LogP contribution is -2.15. The molecule has 0 unspecified atom stereocenters. The lowest BCUT2D eigenvalue weighted by molar-refractivity contribution is 0.304. The van der Waals surface area contributed by atoms with Crippen LogP contribution >= 0.6 is 0 Å². The van der Waals surface area contributed by atoms with Crippen LogP contribution in [0.1, 0.15) is 37.0 Å². The molecular formula is C19H25NO. The molecule has 0 amide bonds. The van der Waals surface area contributed by atoms with Gasteiger partial charge in [0.25, 0.3) is 0 Å². The maximum absolute atomic E-state index is 5.95. The van der Waals surface area contributed by atoms with Gasteiger partial charge in [0, 0.05) is 6.54 Å². The Morgan fingerprint density at radius 3 is 2.52 bits per heavy atom. The van der Waals surface area contributed by atoms with Crippen molar-refractivity contribution in [2.75, 3.05) is 6.54 Å². The molecule has 2 aromatic rings. The predicted octanol–water partition coefficient (Wildman–Crippen LogP) is 4.33. The molecule has 0 aliphatic carbocycles. The molecule has 0 spiro atoms. The van der Waals surface area contributed by atoms with E-state index in [1.54, 1.807) is 0 Å². The highest BCUT2D eigenvalue weighted by molar-refractivity contribution is 5.30. The van der Waals surface area contributed by atoms with Gasteiger partial charge in [0.05, 0.1) is 0 Å². The normalized spacial score (nSPS) is 10.6. The Morgan fingerprint density at radius 2 is 1.76 bits per heavy atom. The van der Waals surface area contributed by atoms with Crippen LogP contribution in [0.2, 0.25) is 0 Å². The predicted molar refractivity (Wildman–Crippen MR) is 88.6 cm³/mol. The summed E-state index contributed by atoms with van der Waals surface area (Å²) in [5.74, 6) is 0.950. The van der Waals surface area contributed by atoms with Crippen molar-refractivity contribution in [1.29, 1.82) is 0 Å². The number of hydrogen-bond acceptors (Lipinski definition) is 2. The van der Waals surface area contributed by atoms with Gasteiger partial charge >= 0.3 is 0 Å². The van der Waals surface area contributed by atoms with Crippen LogP contribution in [0.15, 0.2) is 48.5 Å². The van der Waals surface area contributed by atoms with Crippen LogP contribution < -0.4 is 10.1 Å². The second kappa shape index (κ2) is 8.48. The fraction of sp³-hybridized carbons (Fsp3) is 0.368. The molecule has 2 aromatic carbocycles. The minimum atomic E-state index is 0.622. The summed E-state index contributed by atoms with van der Waals surface area (Å²) in [6.07, 6.45) is 2.19. The third kappa shape index (κ3) is 4.91. The molecule has 0 fully saturated rings. The summed E-state index contributed by atoms with van der Waals surface area (Å²) in [5, 5.41) is 3.45. The summed E-state index contributed by atoms with van der Waals surface area (Å²) >= 11 is 0. The van der Waals surface area contributed by atoms with E-state index in [1.807, 2.05) is 6.07 Å². The van der Waals surface area contributed by atoms with Gasteiger partial charge in [-0.15, -0.1) is 0 Å². The highest BCUT2D eigenvalue weighted by atomic mass is 16.5. The molecule has 2 heteroatoms. The second-order valence-electron chi connectivity index (χ2n) is 5.24. The molecule has 0 aliphatic rings. The average Bonchev–Trinajstić information content (AvgIpc) is 2.54. The van der Waals surface area contributed by atoms with Crippen LogP contribution in [0.25, 0.3) is 0 Å². The molecule has 112 valence electrons. The molecule has 0 atom stereocenters. The van der Waals surface area contributed by atoms with Gasteiger partial charge in [0.15, 0.2) is 0 Å². The van der Waals surface area contributed by atoms with E-state index in [4.69, 9.17) is 4.74 Å². The second-order valence-corrected chi connectivity index (χ2v) is 5.24. The lowest BCUT2D eigenvalue weighted by Gasteiger charge is -2.12. The highest BCUT2D eigenvalue weighted by Crippen LogP contribution is 2.17. The van der Waals surface area contributed by atoms with Crippen molar-refractivity contribution >= 4 is 0 Å². The molecule has 2 nitrogen and oxygen atoms in total. The summed E-state index contributed by atoms with van der Waals surface area (Å²) < 4.78 is 5.95. The quantitative estimate of drug-likeness (QED) is 0.728. The fourth-order valence-corrected chi connectivity index (χ4v) is 2.29. The largest absolute Gasteiger partial charge is 0.489 e. The van der Waals surface area contributed by atoms with Crippen molar-refractivity contribution < 1.29 is 4.74 Å².